The van der Waals surface area contributed by atoms with E-state index in [2.05, 4.69) is 31.3 Å². The number of benzene rings is 4. The fourth-order valence-corrected chi connectivity index (χ4v) is 3.91. The molecular formula is C30H25N7O4. The summed E-state index contributed by atoms with van der Waals surface area (Å²) in [6.07, 6.45) is 0. The summed E-state index contributed by atoms with van der Waals surface area (Å²) in [5, 5.41) is 14.8. The van der Waals surface area contributed by atoms with E-state index in [0.717, 1.165) is 5.69 Å². The molecule has 4 aromatic carbocycles. The molecule has 0 aliphatic carbocycles. The molecule has 0 saturated carbocycles. The van der Waals surface area contributed by atoms with Crippen molar-refractivity contribution in [3.05, 3.63) is 124 Å². The molecule has 0 unspecified atom stereocenters. The minimum absolute atomic E-state index is 0.0146. The summed E-state index contributed by atoms with van der Waals surface area (Å²) in [6, 6.07) is 24.2. The molecule has 11 heteroatoms. The third-order valence-corrected chi connectivity index (χ3v) is 5.98. The third-order valence-electron chi connectivity index (χ3n) is 5.98. The van der Waals surface area contributed by atoms with Crippen LogP contribution in [0, 0.1) is 0 Å². The molecule has 0 bridgehead atoms. The van der Waals surface area contributed by atoms with E-state index in [9.17, 15) is 19.2 Å². The topological polar surface area (TPSA) is 165 Å². The van der Waals surface area contributed by atoms with Gasteiger partial charge in [0.15, 0.2) is 5.78 Å². The van der Waals surface area contributed by atoms with Gasteiger partial charge in [-0.05, 0) is 79.2 Å². The highest BCUT2D eigenvalue weighted by Crippen LogP contribution is 2.24. The Bertz CT molecular complexity index is 1710. The van der Waals surface area contributed by atoms with Crippen molar-refractivity contribution in [1.82, 2.24) is 0 Å². The molecule has 0 aliphatic rings. The van der Waals surface area contributed by atoms with E-state index in [1.807, 2.05) is 12.1 Å². The van der Waals surface area contributed by atoms with Crippen LogP contribution in [0.2, 0.25) is 0 Å². The first-order chi connectivity index (χ1) is 19.8. The van der Waals surface area contributed by atoms with Crippen LogP contribution in [-0.4, -0.2) is 30.6 Å². The monoisotopic (exact) mass is 547 g/mol. The molecule has 11 nitrogen and oxygen atoms in total. The Hall–Kier alpha value is -5.93. The van der Waals surface area contributed by atoms with Crippen LogP contribution in [0.4, 0.5) is 28.4 Å². The minimum atomic E-state index is -0.565. The number of carbonyl (C=O) groups excluding carboxylic acids is 4. The van der Waals surface area contributed by atoms with E-state index in [4.69, 9.17) is 5.53 Å². The van der Waals surface area contributed by atoms with Crippen LogP contribution in [0.3, 0.4) is 0 Å². The highest BCUT2D eigenvalue weighted by molar-refractivity contribution is 6.10. The Labute approximate surface area is 235 Å². The van der Waals surface area contributed by atoms with Crippen molar-refractivity contribution >= 4 is 51.9 Å². The number of nitrogens with one attached hydrogen (secondary N) is 4. The van der Waals surface area contributed by atoms with Crippen LogP contribution < -0.4 is 21.3 Å². The van der Waals surface area contributed by atoms with Crippen LogP contribution in [0.15, 0.2) is 96.1 Å². The van der Waals surface area contributed by atoms with Gasteiger partial charge in [0.25, 0.3) is 17.7 Å². The summed E-state index contributed by atoms with van der Waals surface area (Å²) in [5.74, 6) is -1.62. The van der Waals surface area contributed by atoms with Gasteiger partial charge in [0.2, 0.25) is 0 Å². The van der Waals surface area contributed by atoms with Crippen LogP contribution in [0.5, 0.6) is 0 Å². The zero-order chi connectivity index (χ0) is 29.4. The maximum absolute atomic E-state index is 13.0. The molecule has 0 aromatic heterocycles. The molecule has 4 rings (SSSR count). The van der Waals surface area contributed by atoms with Crippen molar-refractivity contribution in [1.29, 1.82) is 0 Å². The number of anilines is 4. The molecule has 4 aromatic rings. The summed E-state index contributed by atoms with van der Waals surface area (Å²) in [6.45, 7) is 1.37. The van der Waals surface area contributed by atoms with E-state index in [1.54, 1.807) is 61.6 Å². The van der Waals surface area contributed by atoms with E-state index < -0.39 is 11.8 Å². The molecule has 0 fully saturated rings. The quantitative estimate of drug-likeness (QED) is 0.0798. The van der Waals surface area contributed by atoms with Gasteiger partial charge in [-0.15, -0.1) is 0 Å². The van der Waals surface area contributed by atoms with Gasteiger partial charge >= 0.3 is 0 Å². The van der Waals surface area contributed by atoms with Crippen molar-refractivity contribution in [2.24, 2.45) is 5.11 Å². The number of hydrogen-bond donors (Lipinski definition) is 4. The number of rotatable bonds is 9. The van der Waals surface area contributed by atoms with Crippen molar-refractivity contribution in [2.75, 3.05) is 28.3 Å². The predicted octanol–water partition coefficient (Wildman–Crippen LogP) is 6.63. The largest absolute Gasteiger partial charge is 0.388 e. The van der Waals surface area contributed by atoms with Gasteiger partial charge in [0.05, 0.1) is 5.69 Å². The maximum Gasteiger partial charge on any atom is 0.256 e. The minimum Gasteiger partial charge on any atom is -0.388 e. The first-order valence-electron chi connectivity index (χ1n) is 12.4. The molecule has 0 heterocycles. The number of carbonyl (C=O) groups is 4. The Morgan fingerprint density at radius 1 is 0.634 bits per heavy atom. The molecule has 204 valence electrons. The van der Waals surface area contributed by atoms with E-state index >= 15 is 0 Å². The fourth-order valence-electron chi connectivity index (χ4n) is 3.91. The van der Waals surface area contributed by atoms with Crippen molar-refractivity contribution in [3.8, 4) is 0 Å². The van der Waals surface area contributed by atoms with Crippen LogP contribution in [0.25, 0.3) is 10.4 Å². The Balaban J connectivity index is 1.46. The second-order valence-electron chi connectivity index (χ2n) is 8.83. The average molecular weight is 548 g/mol. The van der Waals surface area contributed by atoms with Crippen LogP contribution in [-0.2, 0) is 0 Å². The lowest BCUT2D eigenvalue weighted by molar-refractivity contribution is 0.100. The second kappa shape index (κ2) is 12.7. The number of Topliss-reactive ketones (excluding diaryl/α,β-unsaturated/α-hetero) is 1. The van der Waals surface area contributed by atoms with Gasteiger partial charge in [-0.25, -0.2) is 0 Å². The Kier molecular flexibility index (Phi) is 8.73. The molecule has 0 aliphatic heterocycles. The van der Waals surface area contributed by atoms with Gasteiger partial charge in [-0.2, -0.15) is 0 Å². The van der Waals surface area contributed by atoms with Gasteiger partial charge in [0, 0.05) is 57.0 Å². The van der Waals surface area contributed by atoms with Gasteiger partial charge in [-0.1, -0.05) is 29.4 Å². The second-order valence-corrected chi connectivity index (χ2v) is 8.83. The number of amides is 3. The maximum atomic E-state index is 13.0. The van der Waals surface area contributed by atoms with Gasteiger partial charge < -0.3 is 21.3 Å². The predicted molar refractivity (Wildman–Crippen MR) is 158 cm³/mol. The standard InChI is InChI=1S/C30H25N7O4/c1-18(38)19-12-13-26(27(15-19)36-37-31)30(41)35-25-11-5-10-24(17-25)34-29(40)21-7-3-6-20(14-21)28(39)33-23-9-4-8-22(16-23)32-2/h3-17,32H,1-2H3,(H,33,39)(H,34,40)(H,35,41). The van der Waals surface area contributed by atoms with E-state index in [1.165, 1.54) is 31.2 Å². The summed E-state index contributed by atoms with van der Waals surface area (Å²) in [5.41, 5.74) is 12.1. The number of azide groups is 1. The summed E-state index contributed by atoms with van der Waals surface area (Å²) in [4.78, 5) is 53.1. The Morgan fingerprint density at radius 3 is 1.68 bits per heavy atom. The molecule has 0 atom stereocenters. The molecule has 4 N–H and O–H groups in total. The highest BCUT2D eigenvalue weighted by atomic mass is 16.2. The van der Waals surface area contributed by atoms with Crippen LogP contribution >= 0.6 is 0 Å². The summed E-state index contributed by atoms with van der Waals surface area (Å²) in [7, 11) is 1.78. The highest BCUT2D eigenvalue weighted by Gasteiger charge is 2.15. The SMILES string of the molecule is CNc1cccc(NC(=O)c2cccc(C(=O)Nc3cccc(NC(=O)c4ccc(C(C)=O)cc4N=[N+]=[N-])c3)c2)c1. The first-order valence-corrected chi connectivity index (χ1v) is 12.4. The molecule has 0 saturated heterocycles. The zero-order valence-electron chi connectivity index (χ0n) is 22.1. The average Bonchev–Trinajstić information content (AvgIpc) is 2.97. The lowest BCUT2D eigenvalue weighted by Gasteiger charge is -2.11. The zero-order valence-corrected chi connectivity index (χ0v) is 22.1. The molecule has 41 heavy (non-hydrogen) atoms. The molecule has 0 spiro atoms. The third kappa shape index (κ3) is 7.14. The van der Waals surface area contributed by atoms with Crippen LogP contribution in [0.1, 0.15) is 48.4 Å². The van der Waals surface area contributed by atoms with E-state index in [0.29, 0.717) is 28.2 Å². The lowest BCUT2D eigenvalue weighted by atomic mass is 10.1. The molecular weight excluding hydrogens is 522 g/mol. The van der Waals surface area contributed by atoms with Gasteiger partial charge in [-0.3, -0.25) is 19.2 Å². The van der Waals surface area contributed by atoms with Gasteiger partial charge in [0.1, 0.15) is 0 Å². The van der Waals surface area contributed by atoms with Crippen molar-refractivity contribution in [2.45, 2.75) is 6.92 Å². The fraction of sp³-hybridized carbons (Fsp3) is 0.0667. The normalized spacial score (nSPS) is 10.1. The van der Waals surface area contributed by atoms with Crippen molar-refractivity contribution in [3.63, 3.8) is 0 Å². The number of ketones is 1. The number of hydrogen-bond acceptors (Lipinski definition) is 6. The lowest BCUT2D eigenvalue weighted by Crippen LogP contribution is -2.16. The molecule has 3 amide bonds. The smallest absolute Gasteiger partial charge is 0.256 e. The van der Waals surface area contributed by atoms with E-state index in [-0.39, 0.29) is 28.5 Å². The Morgan fingerprint density at radius 2 is 1.15 bits per heavy atom. The molecule has 0 radical (unpaired) electrons. The first kappa shape index (κ1) is 28.1. The van der Waals surface area contributed by atoms with Crippen molar-refractivity contribution < 1.29 is 19.2 Å². The number of nitrogens with zero attached hydrogens (tertiary/aromatic N) is 3. The summed E-state index contributed by atoms with van der Waals surface area (Å²) < 4.78 is 0. The summed E-state index contributed by atoms with van der Waals surface area (Å²) >= 11 is 0.